The zero-order valence-electron chi connectivity index (χ0n) is 18.2. The SMILES string of the molecule is Cc1nn(C)cc1-c1cc(C(=O)N2CCCC(c3ncc(Cc4ccccc4)o3)C2)on1. The van der Waals surface area contributed by atoms with E-state index in [0.717, 1.165) is 29.9 Å². The number of hydrogen-bond acceptors (Lipinski definition) is 6. The molecule has 8 nitrogen and oxygen atoms in total. The number of aromatic nitrogens is 4. The van der Waals surface area contributed by atoms with Crippen molar-refractivity contribution < 1.29 is 13.7 Å². The van der Waals surface area contributed by atoms with Crippen molar-refractivity contribution in [3.05, 3.63) is 77.5 Å². The number of likely N-dealkylation sites (tertiary alicyclic amines) is 1. The van der Waals surface area contributed by atoms with Crippen LogP contribution in [0, 0.1) is 6.92 Å². The van der Waals surface area contributed by atoms with E-state index in [1.807, 2.05) is 38.4 Å². The molecule has 0 radical (unpaired) electrons. The van der Waals surface area contributed by atoms with Crippen LogP contribution in [0.1, 0.15) is 52.2 Å². The maximum absolute atomic E-state index is 13.1. The third kappa shape index (κ3) is 4.08. The highest BCUT2D eigenvalue weighted by Crippen LogP contribution is 2.29. The van der Waals surface area contributed by atoms with Gasteiger partial charge in [-0.15, -0.1) is 0 Å². The number of piperidine rings is 1. The summed E-state index contributed by atoms with van der Waals surface area (Å²) in [6.07, 6.45) is 6.19. The van der Waals surface area contributed by atoms with Crippen LogP contribution in [-0.4, -0.2) is 43.8 Å². The van der Waals surface area contributed by atoms with E-state index in [1.54, 1.807) is 21.8 Å². The fourth-order valence-electron chi connectivity index (χ4n) is 4.26. The van der Waals surface area contributed by atoms with Crippen LogP contribution in [0.2, 0.25) is 0 Å². The molecule has 0 spiro atoms. The zero-order valence-corrected chi connectivity index (χ0v) is 18.2. The number of nitrogens with zero attached hydrogens (tertiary/aromatic N) is 5. The first-order chi connectivity index (χ1) is 15.6. The van der Waals surface area contributed by atoms with Gasteiger partial charge in [-0.2, -0.15) is 5.10 Å². The van der Waals surface area contributed by atoms with Crippen molar-refractivity contribution in [1.29, 1.82) is 0 Å². The van der Waals surface area contributed by atoms with Gasteiger partial charge in [0.1, 0.15) is 11.5 Å². The molecule has 164 valence electrons. The molecule has 0 saturated carbocycles. The van der Waals surface area contributed by atoms with Crippen molar-refractivity contribution in [2.24, 2.45) is 7.05 Å². The van der Waals surface area contributed by atoms with Crippen LogP contribution in [-0.2, 0) is 13.5 Å². The van der Waals surface area contributed by atoms with Gasteiger partial charge in [0.05, 0.1) is 17.8 Å². The molecule has 32 heavy (non-hydrogen) atoms. The fraction of sp³-hybridized carbons (Fsp3) is 0.333. The molecular weight excluding hydrogens is 406 g/mol. The van der Waals surface area contributed by atoms with Crippen LogP contribution < -0.4 is 0 Å². The lowest BCUT2D eigenvalue weighted by Gasteiger charge is -2.30. The highest BCUT2D eigenvalue weighted by molar-refractivity contribution is 5.92. The highest BCUT2D eigenvalue weighted by atomic mass is 16.5. The van der Waals surface area contributed by atoms with Gasteiger partial charge in [0.25, 0.3) is 5.91 Å². The number of benzene rings is 1. The Morgan fingerprint density at radius 1 is 1.25 bits per heavy atom. The molecule has 5 rings (SSSR count). The Morgan fingerprint density at radius 2 is 2.09 bits per heavy atom. The van der Waals surface area contributed by atoms with E-state index >= 15 is 0 Å². The average molecular weight is 431 g/mol. The monoisotopic (exact) mass is 431 g/mol. The van der Waals surface area contributed by atoms with Crippen molar-refractivity contribution in [2.45, 2.75) is 32.1 Å². The van der Waals surface area contributed by atoms with Gasteiger partial charge in [0.15, 0.2) is 5.89 Å². The zero-order chi connectivity index (χ0) is 22.1. The molecule has 1 atom stereocenters. The molecule has 4 aromatic rings. The van der Waals surface area contributed by atoms with E-state index in [1.165, 1.54) is 5.56 Å². The second-order valence-corrected chi connectivity index (χ2v) is 8.30. The number of rotatable bonds is 5. The predicted molar refractivity (Wildman–Crippen MR) is 117 cm³/mol. The van der Waals surface area contributed by atoms with Gasteiger partial charge in [-0.1, -0.05) is 35.5 Å². The first-order valence-corrected chi connectivity index (χ1v) is 10.8. The normalized spacial score (nSPS) is 16.4. The summed E-state index contributed by atoms with van der Waals surface area (Å²) in [7, 11) is 1.85. The lowest BCUT2D eigenvalue weighted by Crippen LogP contribution is -2.39. The van der Waals surface area contributed by atoms with E-state index in [4.69, 9.17) is 8.94 Å². The highest BCUT2D eigenvalue weighted by Gasteiger charge is 2.30. The van der Waals surface area contributed by atoms with Crippen molar-refractivity contribution in [1.82, 2.24) is 24.8 Å². The first kappa shape index (κ1) is 20.2. The number of carbonyl (C=O) groups is 1. The fourth-order valence-corrected chi connectivity index (χ4v) is 4.26. The van der Waals surface area contributed by atoms with Crippen molar-refractivity contribution in [3.63, 3.8) is 0 Å². The van der Waals surface area contributed by atoms with Crippen LogP contribution in [0.25, 0.3) is 11.3 Å². The van der Waals surface area contributed by atoms with E-state index in [0.29, 0.717) is 31.1 Å². The second-order valence-electron chi connectivity index (χ2n) is 8.30. The van der Waals surface area contributed by atoms with E-state index in [-0.39, 0.29) is 17.6 Å². The molecule has 1 aromatic carbocycles. The molecule has 1 aliphatic heterocycles. The molecule has 1 saturated heterocycles. The van der Waals surface area contributed by atoms with Crippen molar-refractivity contribution in [3.8, 4) is 11.3 Å². The number of amides is 1. The Kier molecular flexibility index (Phi) is 5.34. The van der Waals surface area contributed by atoms with Gasteiger partial charge in [-0.3, -0.25) is 9.48 Å². The minimum absolute atomic E-state index is 0.0696. The lowest BCUT2D eigenvalue weighted by atomic mass is 9.98. The third-order valence-corrected chi connectivity index (χ3v) is 5.86. The van der Waals surface area contributed by atoms with Crippen LogP contribution in [0.15, 0.2) is 57.7 Å². The predicted octanol–water partition coefficient (Wildman–Crippen LogP) is 3.98. The van der Waals surface area contributed by atoms with Crippen LogP contribution in [0.4, 0.5) is 0 Å². The summed E-state index contributed by atoms with van der Waals surface area (Å²) in [6, 6.07) is 11.9. The average Bonchev–Trinajstić information content (AvgIpc) is 3.54. The summed E-state index contributed by atoms with van der Waals surface area (Å²) in [5, 5.41) is 8.42. The quantitative estimate of drug-likeness (QED) is 0.475. The Morgan fingerprint density at radius 3 is 2.88 bits per heavy atom. The first-order valence-electron chi connectivity index (χ1n) is 10.8. The van der Waals surface area contributed by atoms with Gasteiger partial charge in [0, 0.05) is 44.4 Å². The molecule has 0 N–H and O–H groups in total. The van der Waals surface area contributed by atoms with Gasteiger partial charge in [0.2, 0.25) is 5.76 Å². The molecule has 3 aromatic heterocycles. The van der Waals surface area contributed by atoms with Crippen LogP contribution >= 0.6 is 0 Å². The van der Waals surface area contributed by atoms with Gasteiger partial charge in [-0.25, -0.2) is 4.98 Å². The largest absolute Gasteiger partial charge is 0.445 e. The molecule has 0 bridgehead atoms. The standard InChI is InChI=1S/C24H25N5O3/c1-16-20(15-28(2)26-16)21-12-22(32-27-21)24(30)29-10-6-9-18(14-29)23-25-13-19(31-23)11-17-7-4-3-5-8-17/h3-5,7-8,12-13,15,18H,6,9-11,14H2,1-2H3. The maximum atomic E-state index is 13.1. The van der Waals surface area contributed by atoms with Crippen molar-refractivity contribution >= 4 is 5.91 Å². The Bertz CT molecular complexity index is 1220. The number of aryl methyl sites for hydroxylation is 2. The minimum atomic E-state index is -0.161. The summed E-state index contributed by atoms with van der Waals surface area (Å²) < 4.78 is 13.2. The second kappa shape index (κ2) is 8.45. The minimum Gasteiger partial charge on any atom is -0.445 e. The van der Waals surface area contributed by atoms with Crippen molar-refractivity contribution in [2.75, 3.05) is 13.1 Å². The summed E-state index contributed by atoms with van der Waals surface area (Å²) in [5.41, 5.74) is 3.50. The van der Waals surface area contributed by atoms with Crippen LogP contribution in [0.3, 0.4) is 0 Å². The molecular formula is C24H25N5O3. The number of hydrogen-bond donors (Lipinski definition) is 0. The molecule has 0 aliphatic carbocycles. The Balaban J connectivity index is 1.27. The van der Waals surface area contributed by atoms with E-state index < -0.39 is 0 Å². The summed E-state index contributed by atoms with van der Waals surface area (Å²) in [5.74, 6) is 1.67. The van der Waals surface area contributed by atoms with Crippen LogP contribution in [0.5, 0.6) is 0 Å². The smallest absolute Gasteiger partial charge is 0.292 e. The summed E-state index contributed by atoms with van der Waals surface area (Å²) >= 11 is 0. The summed E-state index contributed by atoms with van der Waals surface area (Å²) in [4.78, 5) is 19.4. The maximum Gasteiger partial charge on any atom is 0.292 e. The molecule has 1 amide bonds. The Hall–Kier alpha value is -3.68. The topological polar surface area (TPSA) is 90.2 Å². The molecule has 4 heterocycles. The van der Waals surface area contributed by atoms with Gasteiger partial charge >= 0.3 is 0 Å². The molecule has 1 aliphatic rings. The van der Waals surface area contributed by atoms with Gasteiger partial charge < -0.3 is 13.8 Å². The molecule has 1 unspecified atom stereocenters. The molecule has 8 heteroatoms. The number of oxazole rings is 1. The number of carbonyl (C=O) groups excluding carboxylic acids is 1. The lowest BCUT2D eigenvalue weighted by molar-refractivity contribution is 0.0656. The third-order valence-electron chi connectivity index (χ3n) is 5.86. The van der Waals surface area contributed by atoms with Gasteiger partial charge in [-0.05, 0) is 25.3 Å². The Labute approximate surface area is 185 Å². The molecule has 1 fully saturated rings. The van der Waals surface area contributed by atoms with E-state index in [9.17, 15) is 4.79 Å². The van der Waals surface area contributed by atoms with E-state index in [2.05, 4.69) is 27.4 Å². The summed E-state index contributed by atoms with van der Waals surface area (Å²) in [6.45, 7) is 3.13.